The number of hydrogen-bond donors (Lipinski definition) is 3. The largest absolute Gasteiger partial charge is 0.396 e. The molecule has 7 saturated heterocycles. The van der Waals surface area contributed by atoms with Crippen molar-refractivity contribution in [2.24, 2.45) is 0 Å². The summed E-state index contributed by atoms with van der Waals surface area (Å²) in [6.07, 6.45) is 17.4. The molecule has 0 radical (unpaired) electrons. The predicted molar refractivity (Wildman–Crippen MR) is 269 cm³/mol. The fourth-order valence-corrected chi connectivity index (χ4v) is 16.3. The van der Waals surface area contributed by atoms with Gasteiger partial charge in [-0.1, -0.05) is 0 Å². The van der Waals surface area contributed by atoms with E-state index in [1.54, 1.807) is 37.2 Å². The normalized spacial score (nSPS) is 24.6. The van der Waals surface area contributed by atoms with Crippen LogP contribution in [0.2, 0.25) is 0 Å². The van der Waals surface area contributed by atoms with Crippen LogP contribution in [0.15, 0.2) is 55.4 Å². The highest BCUT2D eigenvalue weighted by atomic mass is 32.2. The molecule has 2 bridgehead atoms. The van der Waals surface area contributed by atoms with Crippen LogP contribution in [-0.2, 0) is 38.5 Å². The van der Waals surface area contributed by atoms with E-state index >= 15 is 0 Å². The quantitative estimate of drug-likeness (QED) is 0.235. The van der Waals surface area contributed by atoms with Crippen LogP contribution in [-0.4, -0.2) is 178 Å². The zero-order chi connectivity index (χ0) is 46.2. The second-order valence-electron chi connectivity index (χ2n) is 18.1. The SMILES string of the molecule is C=S(=O)(C1CCN(c2ccncc2N)CC1)C1COC1.C=S(=O)(C1CCN(c2ccncc2N)CC1)N1CCN2CCC1CC2.COCCS(=O)(=O)C1CCN(c2ccncc2N)CC1. The number of nitrogens with zero attached hydrogens (tertiary/aromatic N) is 8. The zero-order valence-electron chi connectivity index (χ0n) is 38.0. The zero-order valence-corrected chi connectivity index (χ0v) is 40.5. The van der Waals surface area contributed by atoms with Crippen molar-refractivity contribution in [3.63, 3.8) is 0 Å². The predicted octanol–water partition coefficient (Wildman–Crippen LogP) is 2.49. The maximum Gasteiger partial charge on any atom is 0.155 e. The van der Waals surface area contributed by atoms with Gasteiger partial charge >= 0.3 is 0 Å². The Morgan fingerprint density at radius 1 is 0.600 bits per heavy atom. The topological polar surface area (TPSA) is 220 Å². The first-order valence-corrected chi connectivity index (χ1v) is 28.3. The minimum absolute atomic E-state index is 0.103. The van der Waals surface area contributed by atoms with Crippen molar-refractivity contribution >= 4 is 74.9 Å². The molecule has 0 aliphatic carbocycles. The van der Waals surface area contributed by atoms with E-state index in [1.165, 1.54) is 7.11 Å². The van der Waals surface area contributed by atoms with Gasteiger partial charge in [0.2, 0.25) is 0 Å². The monoisotopic (exact) mass is 957 g/mol. The molecule has 6 N–H and O–H groups in total. The van der Waals surface area contributed by atoms with Crippen molar-refractivity contribution in [3.8, 4) is 0 Å². The first kappa shape index (κ1) is 49.0. The highest BCUT2D eigenvalue weighted by Crippen LogP contribution is 2.33. The Balaban J connectivity index is 0.000000147. The molecule has 7 aliphatic rings. The van der Waals surface area contributed by atoms with Crippen LogP contribution in [0.5, 0.6) is 0 Å². The minimum atomic E-state index is -3.06. The van der Waals surface area contributed by atoms with E-state index in [0.717, 1.165) is 114 Å². The summed E-state index contributed by atoms with van der Waals surface area (Å²) < 4.78 is 63.0. The van der Waals surface area contributed by atoms with Crippen molar-refractivity contribution in [1.29, 1.82) is 0 Å². The van der Waals surface area contributed by atoms with Gasteiger partial charge in [0.1, 0.15) is 0 Å². The van der Waals surface area contributed by atoms with Gasteiger partial charge in [-0.15, -0.1) is 0 Å². The lowest BCUT2D eigenvalue weighted by Gasteiger charge is -2.40. The Hall–Kier alpha value is -3.92. The molecular weight excluding hydrogens is 887 g/mol. The van der Waals surface area contributed by atoms with Gasteiger partial charge in [0.25, 0.3) is 0 Å². The van der Waals surface area contributed by atoms with Crippen LogP contribution in [0.3, 0.4) is 0 Å². The molecule has 3 aromatic rings. The maximum atomic E-state index is 13.7. The number of rotatable bonds is 11. The molecule has 10 heterocycles. The molecule has 0 saturated carbocycles. The van der Waals surface area contributed by atoms with Crippen molar-refractivity contribution in [2.75, 3.05) is 130 Å². The average Bonchev–Trinajstić information content (AvgIpc) is 3.64. The molecule has 2 unspecified atom stereocenters. The van der Waals surface area contributed by atoms with E-state index in [2.05, 4.69) is 50.6 Å². The summed E-state index contributed by atoms with van der Waals surface area (Å²) in [6.45, 7) is 10.6. The number of nitrogen functional groups attached to an aromatic ring is 3. The van der Waals surface area contributed by atoms with Crippen molar-refractivity contribution in [1.82, 2.24) is 24.2 Å². The fourth-order valence-electron chi connectivity index (χ4n) is 10.0. The van der Waals surface area contributed by atoms with E-state index < -0.39 is 29.1 Å². The van der Waals surface area contributed by atoms with Gasteiger partial charge in [-0.2, -0.15) is 0 Å². The molecular formula is C45H71N11O6S3. The van der Waals surface area contributed by atoms with E-state index in [9.17, 15) is 16.8 Å². The highest BCUT2D eigenvalue weighted by Gasteiger charge is 2.39. The molecule has 7 aliphatic heterocycles. The lowest BCUT2D eigenvalue weighted by atomic mass is 10.1. The number of aromatic nitrogens is 3. The Kier molecular flexibility index (Phi) is 16.4. The molecule has 0 spiro atoms. The van der Waals surface area contributed by atoms with Crippen LogP contribution in [0.4, 0.5) is 34.1 Å². The summed E-state index contributed by atoms with van der Waals surface area (Å²) in [4.78, 5) is 21.2. The van der Waals surface area contributed by atoms with Gasteiger partial charge in [-0.3, -0.25) is 23.4 Å². The minimum Gasteiger partial charge on any atom is -0.396 e. The van der Waals surface area contributed by atoms with Crippen LogP contribution in [0.25, 0.3) is 0 Å². The maximum absolute atomic E-state index is 13.7. The summed E-state index contributed by atoms with van der Waals surface area (Å²) in [5, 5.41) is 0.275. The second-order valence-corrected chi connectivity index (χ2v) is 25.9. The Morgan fingerprint density at radius 3 is 1.43 bits per heavy atom. The molecule has 0 amide bonds. The Morgan fingerprint density at radius 2 is 1.03 bits per heavy atom. The van der Waals surface area contributed by atoms with E-state index in [4.69, 9.17) is 26.7 Å². The lowest BCUT2D eigenvalue weighted by Crippen LogP contribution is -2.49. The molecule has 65 heavy (non-hydrogen) atoms. The number of sulfone groups is 1. The number of pyridine rings is 3. The number of methoxy groups -OCH3 is 1. The molecule has 7 fully saturated rings. The lowest BCUT2D eigenvalue weighted by molar-refractivity contribution is 0.0428. The van der Waals surface area contributed by atoms with Gasteiger partial charge in [-0.25, -0.2) is 12.7 Å². The van der Waals surface area contributed by atoms with E-state index in [1.807, 2.05) is 18.2 Å². The van der Waals surface area contributed by atoms with Gasteiger partial charge in [-0.05, 0) is 104 Å². The molecule has 0 aromatic carbocycles. The summed E-state index contributed by atoms with van der Waals surface area (Å²) in [5.41, 5.74) is 23.0. The number of nitrogens with two attached hydrogens (primary N) is 3. The van der Waals surface area contributed by atoms with Crippen molar-refractivity contribution in [3.05, 3.63) is 55.4 Å². The van der Waals surface area contributed by atoms with Crippen LogP contribution in [0, 0.1) is 0 Å². The van der Waals surface area contributed by atoms with Crippen LogP contribution < -0.4 is 31.9 Å². The standard InChI is InChI=1S/C18H29N5OS.C14H21N3O2S.C13H21N3O3S/c1-25(24,23-13-12-21-8-3-15(23)4-9-21)16-5-10-22(11-6-16)18-2-7-20-14-17(18)19;1-20(18,12-9-19-10-12)11-3-6-17(7-4-11)14-2-5-16-8-13(14)15;1-19-8-9-20(17,18)11-3-6-16(7-4-11)13-2-5-15-10-12(13)14/h2,7,14-16H,1,3-6,8-13,19H2;2,5,8,11-12H,1,3-4,6-7,9-10,15H2;2,5,10-11H,3-4,6-9,14H2,1H3. The number of fused-ring (bicyclic) bond motifs is 4. The van der Waals surface area contributed by atoms with Crippen molar-refractivity contribution < 1.29 is 26.3 Å². The Bertz CT molecular complexity index is 2340. The summed E-state index contributed by atoms with van der Waals surface area (Å²) in [7, 11) is -5.80. The average molecular weight is 958 g/mol. The molecule has 2 atom stereocenters. The summed E-state index contributed by atoms with van der Waals surface area (Å²) in [5.74, 6) is 8.40. The number of piperidine rings is 4. The summed E-state index contributed by atoms with van der Waals surface area (Å²) >= 11 is 0. The van der Waals surface area contributed by atoms with Crippen molar-refractivity contribution in [2.45, 2.75) is 78.4 Å². The third-order valence-electron chi connectivity index (χ3n) is 14.2. The molecule has 20 heteroatoms. The third-order valence-corrected chi connectivity index (χ3v) is 22.2. The summed E-state index contributed by atoms with van der Waals surface area (Å²) in [6, 6.07) is 6.24. The van der Waals surface area contributed by atoms with Gasteiger partial charge in [0.05, 0.1) is 88.8 Å². The fraction of sp³-hybridized carbons (Fsp3) is 0.622. The van der Waals surface area contributed by atoms with Crippen LogP contribution >= 0.6 is 0 Å². The van der Waals surface area contributed by atoms with Crippen LogP contribution in [0.1, 0.15) is 51.4 Å². The highest BCUT2D eigenvalue weighted by molar-refractivity contribution is 8.01. The van der Waals surface area contributed by atoms with Gasteiger partial charge in [0, 0.05) is 104 Å². The molecule has 17 nitrogen and oxygen atoms in total. The number of ether oxygens (including phenoxy) is 2. The first-order valence-electron chi connectivity index (χ1n) is 23.0. The smallest absolute Gasteiger partial charge is 0.155 e. The molecule has 10 rings (SSSR count). The number of anilines is 6. The van der Waals surface area contributed by atoms with Gasteiger partial charge in [0.15, 0.2) is 9.84 Å². The van der Waals surface area contributed by atoms with E-state index in [-0.39, 0.29) is 33.4 Å². The van der Waals surface area contributed by atoms with Gasteiger partial charge < -0.3 is 46.3 Å². The Labute approximate surface area is 387 Å². The first-order chi connectivity index (χ1) is 31.2. The second kappa shape index (κ2) is 21.8. The van der Waals surface area contributed by atoms with E-state index in [0.29, 0.717) is 56.6 Å². The molecule has 3 aromatic heterocycles. The third kappa shape index (κ3) is 11.8. The number of hydrogen-bond acceptors (Lipinski definition) is 16. The molecule has 360 valence electrons.